The Hall–Kier alpha value is -2.60. The van der Waals surface area contributed by atoms with Crippen LogP contribution in [0.15, 0.2) is 42.5 Å². The van der Waals surface area contributed by atoms with Crippen LogP contribution in [0.2, 0.25) is 0 Å². The zero-order chi connectivity index (χ0) is 18.9. The van der Waals surface area contributed by atoms with Crippen molar-refractivity contribution >= 4 is 5.69 Å². The number of nitro benzene ring substituents is 1. The third-order valence-corrected chi connectivity index (χ3v) is 4.18. The molecule has 0 amide bonds. The monoisotopic (exact) mass is 358 g/mol. The minimum Gasteiger partial charge on any atom is -0.493 e. The second-order valence-electron chi connectivity index (χ2n) is 6.14. The van der Waals surface area contributed by atoms with Gasteiger partial charge in [-0.3, -0.25) is 10.1 Å². The maximum Gasteiger partial charge on any atom is 0.269 e. The van der Waals surface area contributed by atoms with Gasteiger partial charge < -0.3 is 14.8 Å². The Bertz CT molecular complexity index is 734. The lowest BCUT2D eigenvalue weighted by atomic mass is 10.1. The lowest BCUT2D eigenvalue weighted by Crippen LogP contribution is -2.18. The third kappa shape index (κ3) is 5.46. The van der Waals surface area contributed by atoms with Crippen molar-refractivity contribution in [2.75, 3.05) is 13.7 Å². The smallest absolute Gasteiger partial charge is 0.269 e. The molecule has 2 aromatic rings. The van der Waals surface area contributed by atoms with Gasteiger partial charge in [0.2, 0.25) is 0 Å². The molecule has 0 spiro atoms. The van der Waals surface area contributed by atoms with E-state index in [1.54, 1.807) is 19.2 Å². The average molecular weight is 358 g/mol. The molecule has 1 N–H and O–H groups in total. The summed E-state index contributed by atoms with van der Waals surface area (Å²) in [4.78, 5) is 10.5. The number of nitrogens with one attached hydrogen (secondary N) is 1. The van der Waals surface area contributed by atoms with Crippen LogP contribution in [-0.2, 0) is 6.54 Å². The summed E-state index contributed by atoms with van der Waals surface area (Å²) >= 11 is 0. The Kier molecular flexibility index (Phi) is 7.41. The summed E-state index contributed by atoms with van der Waals surface area (Å²) < 4.78 is 11.2. The van der Waals surface area contributed by atoms with Crippen molar-refractivity contribution in [1.29, 1.82) is 0 Å². The molecule has 0 aromatic heterocycles. The molecule has 2 rings (SSSR count). The number of unbranched alkanes of at least 4 members (excludes halogenated alkanes) is 1. The van der Waals surface area contributed by atoms with E-state index in [0.29, 0.717) is 18.9 Å². The fraction of sp³-hybridized carbons (Fsp3) is 0.400. The molecule has 0 saturated carbocycles. The Labute approximate surface area is 154 Å². The molecule has 0 saturated heterocycles. The fourth-order valence-electron chi connectivity index (χ4n) is 2.57. The number of nitro groups is 1. The normalized spacial score (nSPS) is 11.8. The SMILES string of the molecule is CCCCOc1ccc(C(C)NCc2cccc([N+](=O)[O-])c2)cc1OC. The van der Waals surface area contributed by atoms with Gasteiger partial charge in [-0.1, -0.05) is 31.5 Å². The number of ether oxygens (including phenoxy) is 2. The lowest BCUT2D eigenvalue weighted by molar-refractivity contribution is -0.384. The van der Waals surface area contributed by atoms with Crippen molar-refractivity contribution in [2.45, 2.75) is 39.3 Å². The molecule has 0 heterocycles. The second kappa shape index (κ2) is 9.77. The van der Waals surface area contributed by atoms with Crippen molar-refractivity contribution < 1.29 is 14.4 Å². The molecule has 1 atom stereocenters. The van der Waals surface area contributed by atoms with Gasteiger partial charge >= 0.3 is 0 Å². The number of hydrogen-bond donors (Lipinski definition) is 1. The quantitative estimate of drug-likeness (QED) is 0.381. The molecule has 0 radical (unpaired) electrons. The topological polar surface area (TPSA) is 73.6 Å². The van der Waals surface area contributed by atoms with E-state index in [0.717, 1.165) is 29.7 Å². The molecule has 2 aromatic carbocycles. The van der Waals surface area contributed by atoms with Gasteiger partial charge in [0.15, 0.2) is 11.5 Å². The predicted molar refractivity (Wildman–Crippen MR) is 102 cm³/mol. The fourth-order valence-corrected chi connectivity index (χ4v) is 2.57. The van der Waals surface area contributed by atoms with Crippen molar-refractivity contribution in [1.82, 2.24) is 5.32 Å². The molecule has 26 heavy (non-hydrogen) atoms. The Morgan fingerprint density at radius 2 is 2.00 bits per heavy atom. The summed E-state index contributed by atoms with van der Waals surface area (Å²) in [5.41, 5.74) is 2.04. The molecule has 0 bridgehead atoms. The summed E-state index contributed by atoms with van der Waals surface area (Å²) in [6.45, 7) is 5.38. The minimum absolute atomic E-state index is 0.0628. The maximum absolute atomic E-state index is 10.9. The van der Waals surface area contributed by atoms with Crippen LogP contribution in [0.5, 0.6) is 11.5 Å². The molecule has 140 valence electrons. The van der Waals surface area contributed by atoms with E-state index < -0.39 is 0 Å². The summed E-state index contributed by atoms with van der Waals surface area (Å²) in [6.07, 6.45) is 2.09. The maximum atomic E-state index is 10.9. The Balaban J connectivity index is 2.01. The number of rotatable bonds is 10. The van der Waals surface area contributed by atoms with E-state index in [9.17, 15) is 10.1 Å². The first kappa shape index (κ1) is 19.7. The zero-order valence-corrected chi connectivity index (χ0v) is 15.5. The van der Waals surface area contributed by atoms with Crippen LogP contribution >= 0.6 is 0 Å². The van der Waals surface area contributed by atoms with Crippen LogP contribution in [0.3, 0.4) is 0 Å². The lowest BCUT2D eigenvalue weighted by Gasteiger charge is -2.17. The minimum atomic E-state index is -0.380. The van der Waals surface area contributed by atoms with Gasteiger partial charge in [0.25, 0.3) is 5.69 Å². The van der Waals surface area contributed by atoms with Crippen LogP contribution in [-0.4, -0.2) is 18.6 Å². The molecular weight excluding hydrogens is 332 g/mol. The highest BCUT2D eigenvalue weighted by atomic mass is 16.6. The molecule has 0 aliphatic carbocycles. The van der Waals surface area contributed by atoms with Crippen molar-refractivity contribution in [2.24, 2.45) is 0 Å². The van der Waals surface area contributed by atoms with Crippen molar-refractivity contribution in [3.8, 4) is 11.5 Å². The van der Waals surface area contributed by atoms with E-state index in [2.05, 4.69) is 12.2 Å². The average Bonchev–Trinajstić information content (AvgIpc) is 2.66. The van der Waals surface area contributed by atoms with Gasteiger partial charge in [-0.05, 0) is 36.6 Å². The highest BCUT2D eigenvalue weighted by molar-refractivity contribution is 5.44. The van der Waals surface area contributed by atoms with E-state index in [4.69, 9.17) is 9.47 Å². The van der Waals surface area contributed by atoms with Gasteiger partial charge in [0.05, 0.1) is 18.6 Å². The largest absolute Gasteiger partial charge is 0.493 e. The van der Waals surface area contributed by atoms with E-state index in [-0.39, 0.29) is 16.7 Å². The highest BCUT2D eigenvalue weighted by Crippen LogP contribution is 2.30. The number of methoxy groups -OCH3 is 1. The van der Waals surface area contributed by atoms with E-state index in [1.807, 2.05) is 31.2 Å². The highest BCUT2D eigenvalue weighted by Gasteiger charge is 2.11. The summed E-state index contributed by atoms with van der Waals surface area (Å²) in [5.74, 6) is 1.46. The van der Waals surface area contributed by atoms with Gasteiger partial charge in [0, 0.05) is 24.7 Å². The molecule has 6 nitrogen and oxygen atoms in total. The van der Waals surface area contributed by atoms with E-state index >= 15 is 0 Å². The summed E-state index contributed by atoms with van der Waals surface area (Å²) in [5, 5.41) is 14.3. The van der Waals surface area contributed by atoms with Gasteiger partial charge in [-0.25, -0.2) is 0 Å². The molecule has 1 unspecified atom stereocenters. The van der Waals surface area contributed by atoms with Gasteiger partial charge in [0.1, 0.15) is 0 Å². The number of nitrogens with zero attached hydrogens (tertiary/aromatic N) is 1. The van der Waals surface area contributed by atoms with Crippen LogP contribution in [0.1, 0.15) is 43.9 Å². The van der Waals surface area contributed by atoms with Crippen molar-refractivity contribution in [3.63, 3.8) is 0 Å². The summed E-state index contributed by atoms with van der Waals surface area (Å²) in [7, 11) is 1.63. The Morgan fingerprint density at radius 1 is 1.19 bits per heavy atom. The molecule has 0 aliphatic rings. The van der Waals surface area contributed by atoms with Gasteiger partial charge in [-0.2, -0.15) is 0 Å². The first-order chi connectivity index (χ1) is 12.5. The van der Waals surface area contributed by atoms with Crippen molar-refractivity contribution in [3.05, 3.63) is 63.7 Å². The second-order valence-corrected chi connectivity index (χ2v) is 6.14. The summed E-state index contributed by atoms with van der Waals surface area (Å²) in [6, 6.07) is 12.6. The van der Waals surface area contributed by atoms with Crippen LogP contribution in [0.4, 0.5) is 5.69 Å². The molecular formula is C20H26N2O4. The molecule has 6 heteroatoms. The third-order valence-electron chi connectivity index (χ3n) is 4.18. The predicted octanol–water partition coefficient (Wildman–Crippen LogP) is 4.63. The van der Waals surface area contributed by atoms with Gasteiger partial charge in [-0.15, -0.1) is 0 Å². The van der Waals surface area contributed by atoms with Crippen LogP contribution < -0.4 is 14.8 Å². The standard InChI is InChI=1S/C20H26N2O4/c1-4-5-11-26-19-10-9-17(13-20(19)25-3)15(2)21-14-16-7-6-8-18(12-16)22(23)24/h6-10,12-13,15,21H,4-5,11,14H2,1-3H3. The first-order valence-electron chi connectivity index (χ1n) is 8.82. The van der Waals surface area contributed by atoms with E-state index in [1.165, 1.54) is 6.07 Å². The van der Waals surface area contributed by atoms with Crippen LogP contribution in [0, 0.1) is 10.1 Å². The number of non-ortho nitro benzene ring substituents is 1. The molecule has 0 fully saturated rings. The Morgan fingerprint density at radius 3 is 2.69 bits per heavy atom. The van der Waals surface area contributed by atoms with Crippen LogP contribution in [0.25, 0.3) is 0 Å². The number of hydrogen-bond acceptors (Lipinski definition) is 5. The first-order valence-corrected chi connectivity index (χ1v) is 8.82. The zero-order valence-electron chi connectivity index (χ0n) is 15.5. The number of benzene rings is 2. The molecule has 0 aliphatic heterocycles.